The van der Waals surface area contributed by atoms with Crippen molar-refractivity contribution in [1.82, 2.24) is 15.5 Å². The van der Waals surface area contributed by atoms with Gasteiger partial charge in [0.05, 0.1) is 0 Å². The third-order valence-corrected chi connectivity index (χ3v) is 5.21. The van der Waals surface area contributed by atoms with Crippen molar-refractivity contribution in [3.63, 3.8) is 0 Å². The molecule has 2 N–H and O–H groups in total. The molecule has 1 aliphatic heterocycles. The molecule has 2 unspecified atom stereocenters. The Balaban J connectivity index is 0.00000243. The van der Waals surface area contributed by atoms with Gasteiger partial charge in [-0.05, 0) is 37.7 Å². The van der Waals surface area contributed by atoms with Gasteiger partial charge in [0.1, 0.15) is 0 Å². The third-order valence-electron chi connectivity index (χ3n) is 5.21. The molecule has 1 aliphatic carbocycles. The highest BCUT2D eigenvalue weighted by Crippen LogP contribution is 2.40. The Kier molecular flexibility index (Phi) is 8.67. The molecule has 0 amide bonds. The Hall–Kier alpha value is -0.820. The average molecular weight is 470 g/mol. The van der Waals surface area contributed by atoms with Crippen LogP contribution in [0.15, 0.2) is 35.3 Å². The highest BCUT2D eigenvalue weighted by Gasteiger charge is 2.39. The minimum absolute atomic E-state index is 0. The summed E-state index contributed by atoms with van der Waals surface area (Å²) in [7, 11) is 0. The van der Waals surface area contributed by atoms with Gasteiger partial charge in [-0.25, -0.2) is 0 Å². The van der Waals surface area contributed by atoms with E-state index in [1.165, 1.54) is 44.5 Å². The summed E-state index contributed by atoms with van der Waals surface area (Å²) in [4.78, 5) is 7.27. The lowest BCUT2D eigenvalue weighted by Gasteiger charge is -2.34. The molecule has 2 fully saturated rings. The maximum absolute atomic E-state index is 4.67. The zero-order valence-corrected chi connectivity index (χ0v) is 18.8. The van der Waals surface area contributed by atoms with Gasteiger partial charge in [-0.15, -0.1) is 24.0 Å². The Labute approximate surface area is 176 Å². The van der Waals surface area contributed by atoms with E-state index in [1.807, 2.05) is 0 Å². The molecule has 1 saturated carbocycles. The molecule has 26 heavy (non-hydrogen) atoms. The maximum atomic E-state index is 4.67. The minimum Gasteiger partial charge on any atom is -0.354 e. The third kappa shape index (κ3) is 6.41. The van der Waals surface area contributed by atoms with E-state index < -0.39 is 0 Å². The minimum atomic E-state index is 0. The van der Waals surface area contributed by atoms with Gasteiger partial charge in [-0.1, -0.05) is 44.2 Å². The number of piperidine rings is 1. The van der Waals surface area contributed by atoms with Crippen LogP contribution < -0.4 is 10.6 Å². The molecule has 0 spiro atoms. The van der Waals surface area contributed by atoms with E-state index in [0.717, 1.165) is 18.4 Å². The summed E-state index contributed by atoms with van der Waals surface area (Å²) in [5.74, 6) is 2.40. The summed E-state index contributed by atoms with van der Waals surface area (Å²) in [5.41, 5.74) is 1.44. The molecular weight excluding hydrogens is 435 g/mol. The number of hydrogen-bond donors (Lipinski definition) is 2. The van der Waals surface area contributed by atoms with E-state index in [0.29, 0.717) is 18.0 Å². The van der Waals surface area contributed by atoms with Gasteiger partial charge in [0.15, 0.2) is 5.96 Å². The van der Waals surface area contributed by atoms with Gasteiger partial charge in [0, 0.05) is 44.2 Å². The second-order valence-electron chi connectivity index (χ2n) is 7.94. The number of nitrogens with one attached hydrogen (secondary N) is 2. The monoisotopic (exact) mass is 470 g/mol. The Morgan fingerprint density at radius 2 is 1.85 bits per heavy atom. The molecule has 4 nitrogen and oxygen atoms in total. The normalized spacial score (nSPS) is 24.2. The van der Waals surface area contributed by atoms with E-state index >= 15 is 0 Å². The van der Waals surface area contributed by atoms with Gasteiger partial charge in [-0.2, -0.15) is 0 Å². The highest BCUT2D eigenvalue weighted by atomic mass is 127. The van der Waals surface area contributed by atoms with Crippen LogP contribution in [0.2, 0.25) is 0 Å². The number of halogens is 1. The number of hydrogen-bond acceptors (Lipinski definition) is 2. The van der Waals surface area contributed by atoms with Crippen LogP contribution in [-0.2, 0) is 0 Å². The fourth-order valence-electron chi connectivity index (χ4n) is 3.86. The molecular formula is C21H35IN4. The SMILES string of the molecule is CCN=C(NC1CCN(CC(C)C)CC1)NC1CC1c1ccccc1.I. The van der Waals surface area contributed by atoms with Crippen LogP contribution in [0.25, 0.3) is 0 Å². The van der Waals surface area contributed by atoms with E-state index in [4.69, 9.17) is 0 Å². The first-order valence-corrected chi connectivity index (χ1v) is 10.0. The number of rotatable bonds is 6. The smallest absolute Gasteiger partial charge is 0.191 e. The second-order valence-corrected chi connectivity index (χ2v) is 7.94. The molecule has 0 aromatic heterocycles. The van der Waals surface area contributed by atoms with Crippen LogP contribution in [-0.4, -0.2) is 49.1 Å². The van der Waals surface area contributed by atoms with Gasteiger partial charge >= 0.3 is 0 Å². The van der Waals surface area contributed by atoms with Crippen molar-refractivity contribution in [1.29, 1.82) is 0 Å². The summed E-state index contributed by atoms with van der Waals surface area (Å²) in [6, 6.07) is 11.9. The average Bonchev–Trinajstić information content (AvgIpc) is 3.36. The molecule has 1 aromatic carbocycles. The Morgan fingerprint density at radius 1 is 1.15 bits per heavy atom. The first kappa shape index (κ1) is 21.5. The van der Waals surface area contributed by atoms with Gasteiger partial charge in [0.2, 0.25) is 0 Å². The Morgan fingerprint density at radius 3 is 2.46 bits per heavy atom. The fraction of sp³-hybridized carbons (Fsp3) is 0.667. The van der Waals surface area contributed by atoms with Crippen molar-refractivity contribution in [2.75, 3.05) is 26.2 Å². The van der Waals surface area contributed by atoms with Crippen molar-refractivity contribution >= 4 is 29.9 Å². The van der Waals surface area contributed by atoms with Crippen LogP contribution in [0.4, 0.5) is 0 Å². The summed E-state index contributed by atoms with van der Waals surface area (Å²) < 4.78 is 0. The van der Waals surface area contributed by atoms with Crippen LogP contribution in [0.5, 0.6) is 0 Å². The lowest BCUT2D eigenvalue weighted by atomic mass is 10.0. The molecule has 3 rings (SSSR count). The number of guanidine groups is 1. The largest absolute Gasteiger partial charge is 0.354 e. The van der Waals surface area contributed by atoms with Gasteiger partial charge < -0.3 is 15.5 Å². The van der Waals surface area contributed by atoms with Gasteiger partial charge in [0.25, 0.3) is 0 Å². The zero-order chi connectivity index (χ0) is 17.6. The molecule has 0 radical (unpaired) electrons. The van der Waals surface area contributed by atoms with Gasteiger partial charge in [-0.3, -0.25) is 4.99 Å². The topological polar surface area (TPSA) is 39.7 Å². The van der Waals surface area contributed by atoms with E-state index in [1.54, 1.807) is 0 Å². The van der Waals surface area contributed by atoms with Crippen molar-refractivity contribution in [2.45, 2.75) is 58.0 Å². The predicted molar refractivity (Wildman–Crippen MR) is 122 cm³/mol. The molecule has 2 atom stereocenters. The fourth-order valence-corrected chi connectivity index (χ4v) is 3.86. The van der Waals surface area contributed by atoms with E-state index in [9.17, 15) is 0 Å². The first-order chi connectivity index (χ1) is 12.2. The molecule has 1 heterocycles. The van der Waals surface area contributed by atoms with E-state index in [2.05, 4.69) is 71.6 Å². The molecule has 0 bridgehead atoms. The summed E-state index contributed by atoms with van der Waals surface area (Å²) in [6.07, 6.45) is 3.63. The lowest BCUT2D eigenvalue weighted by molar-refractivity contribution is 0.187. The lowest BCUT2D eigenvalue weighted by Crippen LogP contribution is -2.49. The standard InChI is InChI=1S/C21H34N4.HI/c1-4-22-21(23-18-10-12-25(13-11-18)15-16(2)3)24-20-14-19(20)17-8-6-5-7-9-17;/h5-9,16,18-20H,4,10-15H2,1-3H3,(H2,22,23,24);1H. The van der Waals surface area contributed by atoms with Crippen LogP contribution in [0.3, 0.4) is 0 Å². The second kappa shape index (κ2) is 10.5. The number of nitrogens with zero attached hydrogens (tertiary/aromatic N) is 2. The van der Waals surface area contributed by atoms with Crippen LogP contribution >= 0.6 is 24.0 Å². The molecule has 5 heteroatoms. The first-order valence-electron chi connectivity index (χ1n) is 10.0. The number of benzene rings is 1. The number of likely N-dealkylation sites (tertiary alicyclic amines) is 1. The van der Waals surface area contributed by atoms with Crippen LogP contribution in [0, 0.1) is 5.92 Å². The summed E-state index contributed by atoms with van der Waals surface area (Å²) >= 11 is 0. The molecule has 2 aliphatic rings. The van der Waals surface area contributed by atoms with Crippen molar-refractivity contribution in [3.8, 4) is 0 Å². The quantitative estimate of drug-likeness (QED) is 0.377. The van der Waals surface area contributed by atoms with E-state index in [-0.39, 0.29) is 24.0 Å². The van der Waals surface area contributed by atoms with Crippen LogP contribution in [0.1, 0.15) is 51.5 Å². The molecule has 146 valence electrons. The highest BCUT2D eigenvalue weighted by molar-refractivity contribution is 14.0. The Bertz CT molecular complexity index is 552. The summed E-state index contributed by atoms with van der Waals surface area (Å²) in [5, 5.41) is 7.34. The van der Waals surface area contributed by atoms with Crippen molar-refractivity contribution in [2.24, 2.45) is 10.9 Å². The van der Waals surface area contributed by atoms with Crippen molar-refractivity contribution in [3.05, 3.63) is 35.9 Å². The zero-order valence-electron chi connectivity index (χ0n) is 16.4. The predicted octanol–water partition coefficient (Wildman–Crippen LogP) is 3.84. The number of aliphatic imine (C=N–C) groups is 1. The maximum Gasteiger partial charge on any atom is 0.191 e. The molecule has 1 aromatic rings. The molecule has 1 saturated heterocycles. The summed E-state index contributed by atoms with van der Waals surface area (Å²) in [6.45, 7) is 11.2. The van der Waals surface area contributed by atoms with Crippen molar-refractivity contribution < 1.29 is 0 Å².